The zero-order valence-electron chi connectivity index (χ0n) is 12.4. The maximum Gasteiger partial charge on any atom is 0.343 e. The van der Waals surface area contributed by atoms with Crippen LogP contribution in [0.1, 0.15) is 29.3 Å². The van der Waals surface area contributed by atoms with E-state index in [0.717, 1.165) is 26.7 Å². The van der Waals surface area contributed by atoms with Gasteiger partial charge in [0.05, 0.1) is 16.6 Å². The van der Waals surface area contributed by atoms with E-state index in [1.165, 1.54) is 0 Å². The minimum Gasteiger partial charge on any atom is -0.492 e. The predicted octanol–water partition coefficient (Wildman–Crippen LogP) is 5.53. The van der Waals surface area contributed by atoms with Crippen LogP contribution in [0.4, 0.5) is 0 Å². The summed E-state index contributed by atoms with van der Waals surface area (Å²) in [6, 6.07) is 10.7. The van der Waals surface area contributed by atoms with Gasteiger partial charge in [0.25, 0.3) is 0 Å². The second kappa shape index (κ2) is 7.79. The summed E-state index contributed by atoms with van der Waals surface area (Å²) in [5, 5.41) is 0. The standard InChI is InChI=1S/C17H16Br2O3/c1-3-8-21-16-6-4-12(10-14(16)19)17(20)22-15-7-5-13(18)9-11(15)2/h4-7,9-10H,3,8H2,1-2H3. The highest BCUT2D eigenvalue weighted by molar-refractivity contribution is 9.10. The topological polar surface area (TPSA) is 35.5 Å². The van der Waals surface area contributed by atoms with Gasteiger partial charge in [-0.1, -0.05) is 22.9 Å². The van der Waals surface area contributed by atoms with Crippen molar-refractivity contribution in [2.45, 2.75) is 20.3 Å². The summed E-state index contributed by atoms with van der Waals surface area (Å²) < 4.78 is 12.7. The van der Waals surface area contributed by atoms with Gasteiger partial charge in [0, 0.05) is 4.47 Å². The van der Waals surface area contributed by atoms with E-state index in [1.807, 2.05) is 26.0 Å². The average Bonchev–Trinajstić information content (AvgIpc) is 2.48. The number of carbonyl (C=O) groups is 1. The van der Waals surface area contributed by atoms with Gasteiger partial charge in [-0.25, -0.2) is 4.79 Å². The molecule has 0 atom stereocenters. The molecule has 2 aromatic carbocycles. The summed E-state index contributed by atoms with van der Waals surface area (Å²) in [6.45, 7) is 4.58. The van der Waals surface area contributed by atoms with Gasteiger partial charge >= 0.3 is 5.97 Å². The van der Waals surface area contributed by atoms with Gasteiger partial charge in [-0.15, -0.1) is 0 Å². The molecule has 0 radical (unpaired) electrons. The fraction of sp³-hybridized carbons (Fsp3) is 0.235. The lowest BCUT2D eigenvalue weighted by atomic mass is 10.2. The van der Waals surface area contributed by atoms with Gasteiger partial charge in [-0.3, -0.25) is 0 Å². The number of esters is 1. The largest absolute Gasteiger partial charge is 0.492 e. The third-order valence-corrected chi connectivity index (χ3v) is 4.08. The van der Waals surface area contributed by atoms with Crippen LogP contribution in [0, 0.1) is 6.92 Å². The van der Waals surface area contributed by atoms with Gasteiger partial charge in [-0.05, 0) is 71.2 Å². The molecule has 0 fully saturated rings. The molecule has 0 unspecified atom stereocenters. The highest BCUT2D eigenvalue weighted by Gasteiger charge is 2.13. The van der Waals surface area contributed by atoms with E-state index in [9.17, 15) is 4.79 Å². The van der Waals surface area contributed by atoms with E-state index >= 15 is 0 Å². The van der Waals surface area contributed by atoms with Crippen LogP contribution in [0.3, 0.4) is 0 Å². The molecule has 0 bridgehead atoms. The van der Waals surface area contributed by atoms with Crippen molar-refractivity contribution in [3.05, 3.63) is 56.5 Å². The van der Waals surface area contributed by atoms with Crippen LogP contribution in [0.2, 0.25) is 0 Å². The molecule has 0 aromatic heterocycles. The van der Waals surface area contributed by atoms with Crippen molar-refractivity contribution in [1.29, 1.82) is 0 Å². The number of ether oxygens (including phenoxy) is 2. The third-order valence-electron chi connectivity index (χ3n) is 2.97. The molecule has 3 nitrogen and oxygen atoms in total. The number of benzene rings is 2. The summed E-state index contributed by atoms with van der Waals surface area (Å²) in [5.41, 5.74) is 1.36. The Bertz CT molecular complexity index is 684. The zero-order chi connectivity index (χ0) is 16.1. The van der Waals surface area contributed by atoms with E-state index < -0.39 is 5.97 Å². The second-order valence-electron chi connectivity index (χ2n) is 4.79. The quantitative estimate of drug-likeness (QED) is 0.465. The van der Waals surface area contributed by atoms with Crippen LogP contribution in [0.15, 0.2) is 45.3 Å². The SMILES string of the molecule is CCCOc1ccc(C(=O)Oc2ccc(Br)cc2C)cc1Br. The summed E-state index contributed by atoms with van der Waals surface area (Å²) in [6.07, 6.45) is 0.930. The monoisotopic (exact) mass is 426 g/mol. The molecule has 0 saturated carbocycles. The van der Waals surface area contributed by atoms with Crippen LogP contribution in [0.25, 0.3) is 0 Å². The van der Waals surface area contributed by atoms with Crippen molar-refractivity contribution in [2.75, 3.05) is 6.61 Å². The summed E-state index contributed by atoms with van der Waals surface area (Å²) in [4.78, 5) is 12.2. The molecular weight excluding hydrogens is 412 g/mol. The number of halogens is 2. The lowest BCUT2D eigenvalue weighted by Gasteiger charge is -2.10. The predicted molar refractivity (Wildman–Crippen MR) is 93.8 cm³/mol. The molecule has 0 aliphatic rings. The van der Waals surface area contributed by atoms with E-state index in [2.05, 4.69) is 31.9 Å². The van der Waals surface area contributed by atoms with Crippen LogP contribution < -0.4 is 9.47 Å². The van der Waals surface area contributed by atoms with Crippen LogP contribution in [0.5, 0.6) is 11.5 Å². The molecule has 0 aliphatic carbocycles. The van der Waals surface area contributed by atoms with E-state index in [-0.39, 0.29) is 0 Å². The fourth-order valence-corrected chi connectivity index (χ4v) is 2.81. The first-order valence-corrected chi connectivity index (χ1v) is 8.50. The van der Waals surface area contributed by atoms with Crippen molar-refractivity contribution in [3.8, 4) is 11.5 Å². The third kappa shape index (κ3) is 4.34. The first-order valence-electron chi connectivity index (χ1n) is 6.92. The lowest BCUT2D eigenvalue weighted by Crippen LogP contribution is -2.09. The molecule has 2 rings (SSSR count). The van der Waals surface area contributed by atoms with E-state index in [4.69, 9.17) is 9.47 Å². The number of hydrogen-bond acceptors (Lipinski definition) is 3. The van der Waals surface area contributed by atoms with Gasteiger partial charge in [-0.2, -0.15) is 0 Å². The van der Waals surface area contributed by atoms with Crippen LogP contribution >= 0.6 is 31.9 Å². The van der Waals surface area contributed by atoms with Crippen LogP contribution in [-0.4, -0.2) is 12.6 Å². The zero-order valence-corrected chi connectivity index (χ0v) is 15.5. The van der Waals surface area contributed by atoms with Gasteiger partial charge in [0.15, 0.2) is 0 Å². The minimum atomic E-state index is -0.395. The summed E-state index contributed by atoms with van der Waals surface area (Å²) in [5.74, 6) is 0.877. The van der Waals surface area contributed by atoms with Crippen LogP contribution in [-0.2, 0) is 0 Å². The van der Waals surface area contributed by atoms with Crippen molar-refractivity contribution in [1.82, 2.24) is 0 Å². The lowest BCUT2D eigenvalue weighted by molar-refractivity contribution is 0.0733. The average molecular weight is 428 g/mol. The van der Waals surface area contributed by atoms with Gasteiger partial charge in [0.2, 0.25) is 0 Å². The molecular formula is C17H16Br2O3. The Morgan fingerprint density at radius 2 is 1.82 bits per heavy atom. The Kier molecular flexibility index (Phi) is 6.03. The van der Waals surface area contributed by atoms with Gasteiger partial charge in [0.1, 0.15) is 11.5 Å². The Balaban J connectivity index is 2.14. The number of hydrogen-bond donors (Lipinski definition) is 0. The first-order chi connectivity index (χ1) is 10.5. The Hall–Kier alpha value is -1.33. The normalized spacial score (nSPS) is 10.4. The molecule has 2 aromatic rings. The Labute approximate surface area is 146 Å². The number of carbonyl (C=O) groups excluding carboxylic acids is 1. The molecule has 0 N–H and O–H groups in total. The number of rotatable bonds is 5. The second-order valence-corrected chi connectivity index (χ2v) is 6.56. The Morgan fingerprint density at radius 1 is 1.09 bits per heavy atom. The molecule has 22 heavy (non-hydrogen) atoms. The maximum atomic E-state index is 12.2. The minimum absolute atomic E-state index is 0.395. The molecule has 116 valence electrons. The molecule has 5 heteroatoms. The van der Waals surface area contributed by atoms with Gasteiger partial charge < -0.3 is 9.47 Å². The van der Waals surface area contributed by atoms with E-state index in [0.29, 0.717) is 17.9 Å². The smallest absolute Gasteiger partial charge is 0.343 e. The molecule has 0 heterocycles. The van der Waals surface area contributed by atoms with Crippen molar-refractivity contribution in [2.24, 2.45) is 0 Å². The van der Waals surface area contributed by atoms with Crippen molar-refractivity contribution < 1.29 is 14.3 Å². The molecule has 0 amide bonds. The van der Waals surface area contributed by atoms with Crippen molar-refractivity contribution >= 4 is 37.8 Å². The summed E-state index contributed by atoms with van der Waals surface area (Å²) in [7, 11) is 0. The number of aryl methyl sites for hydroxylation is 1. The van der Waals surface area contributed by atoms with Crippen molar-refractivity contribution in [3.63, 3.8) is 0 Å². The highest BCUT2D eigenvalue weighted by atomic mass is 79.9. The van der Waals surface area contributed by atoms with E-state index in [1.54, 1.807) is 24.3 Å². The first kappa shape index (κ1) is 17.0. The highest BCUT2D eigenvalue weighted by Crippen LogP contribution is 2.28. The maximum absolute atomic E-state index is 12.2. The fourth-order valence-electron chi connectivity index (χ4n) is 1.84. The molecule has 0 saturated heterocycles. The summed E-state index contributed by atoms with van der Waals surface area (Å²) >= 11 is 6.80. The Morgan fingerprint density at radius 3 is 2.45 bits per heavy atom. The molecule has 0 aliphatic heterocycles. The molecule has 0 spiro atoms.